The standard InChI is InChI=1S/C27H31NO2/c1-9-18-29-27(20(6)10-2)23(12-4)22(11-3)26(19-28-8)30-25(13-5)24-17-15-14-16-21(24)7/h9-17,20H,1-5,7-8,18-19H2,6H3/b25-24+,26-22+,27-23+. The Hall–Kier alpha value is -3.59. The Morgan fingerprint density at radius 3 is 2.20 bits per heavy atom. The Bertz CT molecular complexity index is 992. The minimum atomic E-state index is -0.0609. The molecule has 0 heterocycles. The Kier molecular flexibility index (Phi) is 10.4. The Balaban J connectivity index is 3.81. The molecule has 0 saturated heterocycles. The molecule has 1 rings (SSSR count). The number of hydrogen-bond acceptors (Lipinski definition) is 3. The third kappa shape index (κ3) is 6.21. The number of rotatable bonds is 13. The first-order chi connectivity index (χ1) is 14.5. The van der Waals surface area contributed by atoms with Crippen molar-refractivity contribution in [2.75, 3.05) is 13.2 Å². The number of ether oxygens (including phenoxy) is 2. The number of benzene rings is 1. The Morgan fingerprint density at radius 2 is 1.70 bits per heavy atom. The summed E-state index contributed by atoms with van der Waals surface area (Å²) in [5, 5.41) is 1.66. The smallest absolute Gasteiger partial charge is 0.134 e. The quantitative estimate of drug-likeness (QED) is 0.201. The Labute approximate surface area is 180 Å². The van der Waals surface area contributed by atoms with Crippen LogP contribution in [-0.4, -0.2) is 19.9 Å². The molecule has 30 heavy (non-hydrogen) atoms. The van der Waals surface area contributed by atoms with Gasteiger partial charge in [0.2, 0.25) is 0 Å². The van der Waals surface area contributed by atoms with Crippen LogP contribution in [0.3, 0.4) is 0 Å². The summed E-state index contributed by atoms with van der Waals surface area (Å²) < 4.78 is 12.2. The second-order valence-corrected chi connectivity index (χ2v) is 6.36. The van der Waals surface area contributed by atoms with Gasteiger partial charge in [-0.05, 0) is 18.0 Å². The van der Waals surface area contributed by atoms with Crippen molar-refractivity contribution in [3.05, 3.63) is 121 Å². The molecular weight excluding hydrogens is 370 g/mol. The lowest BCUT2D eigenvalue weighted by Crippen LogP contribution is -2.25. The van der Waals surface area contributed by atoms with Gasteiger partial charge in [0.1, 0.15) is 23.9 Å². The van der Waals surface area contributed by atoms with E-state index in [0.717, 1.165) is 16.0 Å². The summed E-state index contributed by atoms with van der Waals surface area (Å²) in [6.45, 7) is 29.7. The van der Waals surface area contributed by atoms with Gasteiger partial charge >= 0.3 is 0 Å². The first-order valence-electron chi connectivity index (χ1n) is 9.58. The van der Waals surface area contributed by atoms with Crippen LogP contribution in [0.25, 0.3) is 12.3 Å². The van der Waals surface area contributed by atoms with Crippen molar-refractivity contribution in [2.45, 2.75) is 6.92 Å². The van der Waals surface area contributed by atoms with Gasteiger partial charge in [0, 0.05) is 22.3 Å². The van der Waals surface area contributed by atoms with Gasteiger partial charge in [0.25, 0.3) is 0 Å². The summed E-state index contributed by atoms with van der Waals surface area (Å²) in [6.07, 6.45) is 8.54. The molecule has 0 aliphatic rings. The number of hydrogen-bond donors (Lipinski definition) is 0. The monoisotopic (exact) mass is 401 g/mol. The molecule has 3 heteroatoms. The van der Waals surface area contributed by atoms with E-state index >= 15 is 0 Å². The number of nitrogens with zero attached hydrogens (tertiary/aromatic N) is 1. The summed E-state index contributed by atoms with van der Waals surface area (Å²) in [4.78, 5) is 4.03. The molecule has 156 valence electrons. The first-order valence-corrected chi connectivity index (χ1v) is 9.58. The molecule has 0 aliphatic carbocycles. The fourth-order valence-corrected chi connectivity index (χ4v) is 2.80. The van der Waals surface area contributed by atoms with Crippen molar-refractivity contribution in [1.29, 1.82) is 0 Å². The molecule has 0 amide bonds. The van der Waals surface area contributed by atoms with Crippen molar-refractivity contribution in [3.8, 4) is 0 Å². The van der Waals surface area contributed by atoms with Crippen molar-refractivity contribution in [1.82, 2.24) is 0 Å². The van der Waals surface area contributed by atoms with Crippen molar-refractivity contribution in [2.24, 2.45) is 10.9 Å². The van der Waals surface area contributed by atoms with Crippen LogP contribution >= 0.6 is 0 Å². The zero-order valence-corrected chi connectivity index (χ0v) is 17.9. The average molecular weight is 402 g/mol. The van der Waals surface area contributed by atoms with Crippen molar-refractivity contribution >= 4 is 19.1 Å². The SMILES string of the molecule is C=CCO/C(=C(C=C)/C(C=C)=C(\CN=C)O/C(C=C)=c1\ccccc1=C)C(C)C=C. The fourth-order valence-electron chi connectivity index (χ4n) is 2.80. The highest BCUT2D eigenvalue weighted by atomic mass is 16.5. The summed E-state index contributed by atoms with van der Waals surface area (Å²) in [5.74, 6) is 1.74. The largest absolute Gasteiger partial charge is 0.493 e. The number of allylic oxidation sites excluding steroid dienone is 5. The third-order valence-corrected chi connectivity index (χ3v) is 4.34. The van der Waals surface area contributed by atoms with Crippen molar-refractivity contribution < 1.29 is 9.47 Å². The highest BCUT2D eigenvalue weighted by molar-refractivity contribution is 5.55. The van der Waals surface area contributed by atoms with Gasteiger partial charge in [-0.25, -0.2) is 0 Å². The highest BCUT2D eigenvalue weighted by Gasteiger charge is 2.18. The van der Waals surface area contributed by atoms with Crippen LogP contribution in [0.4, 0.5) is 0 Å². The minimum absolute atomic E-state index is 0.0609. The lowest BCUT2D eigenvalue weighted by molar-refractivity contribution is 0.220. The first kappa shape index (κ1) is 24.4. The number of aliphatic imine (C=N–C) groups is 1. The maximum atomic E-state index is 6.26. The van der Waals surface area contributed by atoms with E-state index in [2.05, 4.69) is 51.2 Å². The minimum Gasteiger partial charge on any atom is -0.493 e. The lowest BCUT2D eigenvalue weighted by atomic mass is 9.97. The van der Waals surface area contributed by atoms with E-state index in [1.165, 1.54) is 0 Å². The molecule has 0 radical (unpaired) electrons. The predicted octanol–water partition coefficient (Wildman–Crippen LogP) is 5.01. The normalized spacial score (nSPS) is 14.2. The molecule has 1 aromatic rings. The van der Waals surface area contributed by atoms with Crippen LogP contribution < -0.4 is 10.4 Å². The van der Waals surface area contributed by atoms with E-state index in [4.69, 9.17) is 9.47 Å². The van der Waals surface area contributed by atoms with Crippen LogP contribution in [0.2, 0.25) is 0 Å². The van der Waals surface area contributed by atoms with Gasteiger partial charge in [-0.2, -0.15) is 0 Å². The molecule has 0 aliphatic heterocycles. The van der Waals surface area contributed by atoms with Gasteiger partial charge in [-0.15, -0.1) is 6.58 Å². The maximum absolute atomic E-state index is 6.26. The molecule has 1 unspecified atom stereocenters. The van der Waals surface area contributed by atoms with E-state index in [9.17, 15) is 0 Å². The molecule has 0 N–H and O–H groups in total. The predicted molar refractivity (Wildman–Crippen MR) is 130 cm³/mol. The van der Waals surface area contributed by atoms with Crippen LogP contribution in [0.15, 0.2) is 115 Å². The van der Waals surface area contributed by atoms with Crippen LogP contribution in [0.1, 0.15) is 6.92 Å². The lowest BCUT2D eigenvalue weighted by Gasteiger charge is -2.20. The third-order valence-electron chi connectivity index (χ3n) is 4.34. The van der Waals surface area contributed by atoms with E-state index < -0.39 is 0 Å². The summed E-state index contributed by atoms with van der Waals surface area (Å²) >= 11 is 0. The summed E-state index contributed by atoms with van der Waals surface area (Å²) in [5.41, 5.74) is 1.44. The maximum Gasteiger partial charge on any atom is 0.134 e. The van der Waals surface area contributed by atoms with Gasteiger partial charge < -0.3 is 9.47 Å². The molecule has 1 atom stereocenters. The summed E-state index contributed by atoms with van der Waals surface area (Å²) in [6, 6.07) is 7.67. The average Bonchev–Trinajstić information content (AvgIpc) is 2.76. The fraction of sp³-hybridized carbons (Fsp3) is 0.148. The van der Waals surface area contributed by atoms with E-state index in [0.29, 0.717) is 29.5 Å². The van der Waals surface area contributed by atoms with E-state index in [-0.39, 0.29) is 12.5 Å². The zero-order valence-electron chi connectivity index (χ0n) is 17.9. The molecule has 0 bridgehead atoms. The van der Waals surface area contributed by atoms with Gasteiger partial charge in [-0.1, -0.05) is 88.4 Å². The Morgan fingerprint density at radius 1 is 1.03 bits per heavy atom. The molecule has 0 spiro atoms. The van der Waals surface area contributed by atoms with Crippen LogP contribution in [0, 0.1) is 5.92 Å². The van der Waals surface area contributed by atoms with Gasteiger partial charge in [-0.3, -0.25) is 4.99 Å². The van der Waals surface area contributed by atoms with Crippen LogP contribution in [0.5, 0.6) is 0 Å². The molecule has 0 saturated carbocycles. The van der Waals surface area contributed by atoms with Crippen LogP contribution in [-0.2, 0) is 9.47 Å². The van der Waals surface area contributed by atoms with Gasteiger partial charge in [0.05, 0.1) is 6.54 Å². The summed E-state index contributed by atoms with van der Waals surface area (Å²) in [7, 11) is 0. The second-order valence-electron chi connectivity index (χ2n) is 6.36. The second kappa shape index (κ2) is 12.8. The molecule has 0 aromatic heterocycles. The molecular formula is C27H31NO2. The highest BCUT2D eigenvalue weighted by Crippen LogP contribution is 2.28. The molecule has 3 nitrogen and oxygen atoms in total. The molecule has 1 aromatic carbocycles. The van der Waals surface area contributed by atoms with E-state index in [1.807, 2.05) is 31.2 Å². The topological polar surface area (TPSA) is 30.8 Å². The van der Waals surface area contributed by atoms with Gasteiger partial charge in [0.15, 0.2) is 0 Å². The van der Waals surface area contributed by atoms with E-state index in [1.54, 1.807) is 30.4 Å². The van der Waals surface area contributed by atoms with Crippen molar-refractivity contribution in [3.63, 3.8) is 0 Å². The molecule has 0 fully saturated rings. The zero-order chi connectivity index (χ0) is 22.5.